The standard InChI is InChI=1S/C18H18F2N6OS/c19-15-4-3-13(10-16(15)20)26-17(21-22-23-26)12-24-5-7-25(8-6-24)18(27)11-14-2-1-9-28-14/h1-4,9-10H,5-8,11-12H2. The minimum Gasteiger partial charge on any atom is -0.340 e. The van der Waals surface area contributed by atoms with Crippen molar-refractivity contribution >= 4 is 17.2 Å². The first kappa shape index (κ1) is 18.6. The highest BCUT2D eigenvalue weighted by molar-refractivity contribution is 7.10. The first-order valence-electron chi connectivity index (χ1n) is 8.85. The van der Waals surface area contributed by atoms with E-state index in [-0.39, 0.29) is 5.91 Å². The molecule has 0 unspecified atom stereocenters. The second-order valence-corrected chi connectivity index (χ2v) is 7.55. The number of nitrogens with zero attached hydrogens (tertiary/aromatic N) is 6. The number of hydrogen-bond donors (Lipinski definition) is 0. The molecule has 0 N–H and O–H groups in total. The molecule has 1 aliphatic rings. The molecule has 7 nitrogen and oxygen atoms in total. The van der Waals surface area contributed by atoms with E-state index < -0.39 is 11.6 Å². The number of thiophene rings is 1. The predicted octanol–water partition coefficient (Wildman–Crippen LogP) is 1.89. The van der Waals surface area contributed by atoms with Crippen LogP contribution in [-0.4, -0.2) is 62.1 Å². The fourth-order valence-corrected chi connectivity index (χ4v) is 3.85. The van der Waals surface area contributed by atoms with Crippen LogP contribution in [0.15, 0.2) is 35.7 Å². The summed E-state index contributed by atoms with van der Waals surface area (Å²) < 4.78 is 28.1. The maximum Gasteiger partial charge on any atom is 0.227 e. The average molecular weight is 404 g/mol. The summed E-state index contributed by atoms with van der Waals surface area (Å²) in [7, 11) is 0. The zero-order valence-electron chi connectivity index (χ0n) is 15.0. The zero-order valence-corrected chi connectivity index (χ0v) is 15.8. The topological polar surface area (TPSA) is 67.2 Å². The number of rotatable bonds is 5. The van der Waals surface area contributed by atoms with Crippen LogP contribution in [0.4, 0.5) is 8.78 Å². The van der Waals surface area contributed by atoms with Gasteiger partial charge in [0.1, 0.15) is 0 Å². The third kappa shape index (κ3) is 4.07. The summed E-state index contributed by atoms with van der Waals surface area (Å²) in [6, 6.07) is 7.46. The van der Waals surface area contributed by atoms with Crippen LogP contribution in [0.25, 0.3) is 5.69 Å². The molecule has 1 saturated heterocycles. The molecule has 1 fully saturated rings. The fraction of sp³-hybridized carbons (Fsp3) is 0.333. The number of carbonyl (C=O) groups excluding carboxylic acids is 1. The molecule has 146 valence electrons. The van der Waals surface area contributed by atoms with Gasteiger partial charge in [0.25, 0.3) is 0 Å². The Morgan fingerprint density at radius 3 is 2.64 bits per heavy atom. The Hall–Kier alpha value is -2.72. The zero-order chi connectivity index (χ0) is 19.5. The Morgan fingerprint density at radius 2 is 1.93 bits per heavy atom. The van der Waals surface area contributed by atoms with Crippen molar-refractivity contribution in [3.63, 3.8) is 0 Å². The van der Waals surface area contributed by atoms with Gasteiger partial charge in [-0.15, -0.1) is 16.4 Å². The lowest BCUT2D eigenvalue weighted by molar-refractivity contribution is -0.132. The van der Waals surface area contributed by atoms with Crippen LogP contribution in [0, 0.1) is 11.6 Å². The fourth-order valence-electron chi connectivity index (χ4n) is 3.15. The molecule has 0 aliphatic carbocycles. The number of halogens is 2. The molecule has 28 heavy (non-hydrogen) atoms. The first-order chi connectivity index (χ1) is 13.6. The summed E-state index contributed by atoms with van der Waals surface area (Å²) in [5.41, 5.74) is 0.365. The predicted molar refractivity (Wildman–Crippen MR) is 99.0 cm³/mol. The van der Waals surface area contributed by atoms with Crippen molar-refractivity contribution < 1.29 is 13.6 Å². The Kier molecular flexibility index (Phi) is 5.40. The molecule has 1 aliphatic heterocycles. The number of hydrogen-bond acceptors (Lipinski definition) is 6. The second-order valence-electron chi connectivity index (χ2n) is 6.52. The number of carbonyl (C=O) groups is 1. The van der Waals surface area contributed by atoms with Gasteiger partial charge in [-0.3, -0.25) is 9.69 Å². The summed E-state index contributed by atoms with van der Waals surface area (Å²) in [6.45, 7) is 3.12. The molecule has 0 atom stereocenters. The molecule has 0 saturated carbocycles. The van der Waals surface area contributed by atoms with Crippen LogP contribution >= 0.6 is 11.3 Å². The lowest BCUT2D eigenvalue weighted by Gasteiger charge is -2.34. The number of benzene rings is 1. The Labute approximate surface area is 164 Å². The highest BCUT2D eigenvalue weighted by Crippen LogP contribution is 2.16. The minimum absolute atomic E-state index is 0.133. The Morgan fingerprint density at radius 1 is 1.11 bits per heavy atom. The van der Waals surface area contributed by atoms with Gasteiger partial charge in [0.05, 0.1) is 18.7 Å². The van der Waals surface area contributed by atoms with Gasteiger partial charge in [0.2, 0.25) is 5.91 Å². The van der Waals surface area contributed by atoms with Gasteiger partial charge < -0.3 is 4.90 Å². The first-order valence-corrected chi connectivity index (χ1v) is 9.73. The lowest BCUT2D eigenvalue weighted by Crippen LogP contribution is -2.48. The van der Waals surface area contributed by atoms with Gasteiger partial charge >= 0.3 is 0 Å². The van der Waals surface area contributed by atoms with Crippen LogP contribution in [-0.2, 0) is 17.8 Å². The molecule has 10 heteroatoms. The number of amides is 1. The summed E-state index contributed by atoms with van der Waals surface area (Å²) in [5.74, 6) is -1.20. The van der Waals surface area contributed by atoms with E-state index in [1.807, 2.05) is 22.4 Å². The van der Waals surface area contributed by atoms with Gasteiger partial charge in [-0.25, -0.2) is 8.78 Å². The van der Waals surface area contributed by atoms with Gasteiger partial charge in [0.15, 0.2) is 17.5 Å². The van der Waals surface area contributed by atoms with E-state index in [2.05, 4.69) is 20.4 Å². The van der Waals surface area contributed by atoms with Crippen molar-refractivity contribution in [1.29, 1.82) is 0 Å². The highest BCUT2D eigenvalue weighted by Gasteiger charge is 2.23. The largest absolute Gasteiger partial charge is 0.340 e. The molecule has 3 aromatic rings. The molecule has 1 aromatic carbocycles. The van der Waals surface area contributed by atoms with Crippen LogP contribution in [0.3, 0.4) is 0 Å². The monoisotopic (exact) mass is 404 g/mol. The van der Waals surface area contributed by atoms with E-state index in [0.717, 1.165) is 17.0 Å². The SMILES string of the molecule is O=C(Cc1cccs1)N1CCN(Cc2nnnn2-c2ccc(F)c(F)c2)CC1. The number of tetrazole rings is 1. The van der Waals surface area contributed by atoms with Gasteiger partial charge in [-0.1, -0.05) is 6.07 Å². The molecule has 1 amide bonds. The van der Waals surface area contributed by atoms with Crippen molar-refractivity contribution in [2.75, 3.05) is 26.2 Å². The molecule has 0 spiro atoms. The molecule has 0 bridgehead atoms. The average Bonchev–Trinajstić information content (AvgIpc) is 3.37. The maximum atomic E-state index is 13.5. The van der Waals surface area contributed by atoms with E-state index in [4.69, 9.17) is 0 Å². The van der Waals surface area contributed by atoms with E-state index in [0.29, 0.717) is 50.7 Å². The van der Waals surface area contributed by atoms with Crippen LogP contribution in [0.1, 0.15) is 10.7 Å². The normalized spacial score (nSPS) is 15.1. The van der Waals surface area contributed by atoms with Crippen LogP contribution in [0.5, 0.6) is 0 Å². The van der Waals surface area contributed by atoms with Crippen molar-refractivity contribution in [2.45, 2.75) is 13.0 Å². The van der Waals surface area contributed by atoms with Crippen LogP contribution in [0.2, 0.25) is 0 Å². The van der Waals surface area contributed by atoms with E-state index in [9.17, 15) is 13.6 Å². The minimum atomic E-state index is -0.947. The van der Waals surface area contributed by atoms with Gasteiger partial charge in [-0.05, 0) is 34.0 Å². The van der Waals surface area contributed by atoms with Gasteiger partial charge in [0, 0.05) is 37.1 Å². The summed E-state index contributed by atoms with van der Waals surface area (Å²) >= 11 is 1.59. The van der Waals surface area contributed by atoms with Crippen molar-refractivity contribution in [3.8, 4) is 5.69 Å². The van der Waals surface area contributed by atoms with Crippen molar-refractivity contribution in [3.05, 3.63) is 58.0 Å². The molecule has 2 aromatic heterocycles. The van der Waals surface area contributed by atoms with Gasteiger partial charge in [-0.2, -0.15) is 4.68 Å². The molecular formula is C18H18F2N6OS. The van der Waals surface area contributed by atoms with E-state index >= 15 is 0 Å². The summed E-state index contributed by atoms with van der Waals surface area (Å²) in [4.78, 5) is 17.5. The smallest absolute Gasteiger partial charge is 0.227 e. The molecular weight excluding hydrogens is 386 g/mol. The van der Waals surface area contributed by atoms with E-state index in [1.54, 1.807) is 11.3 Å². The quantitative estimate of drug-likeness (QED) is 0.650. The van der Waals surface area contributed by atoms with E-state index in [1.165, 1.54) is 10.7 Å². The third-order valence-corrected chi connectivity index (χ3v) is 5.55. The Bertz CT molecular complexity index is 953. The van der Waals surface area contributed by atoms with Crippen molar-refractivity contribution in [2.24, 2.45) is 0 Å². The summed E-state index contributed by atoms with van der Waals surface area (Å²) in [6.07, 6.45) is 0.437. The highest BCUT2D eigenvalue weighted by atomic mass is 32.1. The lowest BCUT2D eigenvalue weighted by atomic mass is 10.2. The molecule has 0 radical (unpaired) electrons. The maximum absolute atomic E-state index is 13.5. The Balaban J connectivity index is 1.36. The van der Waals surface area contributed by atoms with Crippen molar-refractivity contribution in [1.82, 2.24) is 30.0 Å². The second kappa shape index (κ2) is 8.11. The molecule has 3 heterocycles. The molecule has 4 rings (SSSR count). The van der Waals surface area contributed by atoms with Crippen LogP contribution < -0.4 is 0 Å². The number of aromatic nitrogens is 4. The summed E-state index contributed by atoms with van der Waals surface area (Å²) in [5, 5.41) is 13.5. The third-order valence-electron chi connectivity index (χ3n) is 4.68. The number of piperazine rings is 1.